The van der Waals surface area contributed by atoms with Gasteiger partial charge in [-0.2, -0.15) is 4.31 Å². The van der Waals surface area contributed by atoms with Crippen LogP contribution < -0.4 is 5.32 Å². The van der Waals surface area contributed by atoms with Crippen LogP contribution in [0.4, 0.5) is 5.69 Å². The average molecular weight is 372 g/mol. The third-order valence-corrected chi connectivity index (χ3v) is 6.84. The molecule has 0 saturated carbocycles. The van der Waals surface area contributed by atoms with Crippen LogP contribution in [0.3, 0.4) is 0 Å². The van der Waals surface area contributed by atoms with E-state index in [1.165, 1.54) is 6.07 Å². The van der Waals surface area contributed by atoms with Gasteiger partial charge in [-0.3, -0.25) is 4.79 Å². The van der Waals surface area contributed by atoms with Crippen molar-refractivity contribution in [2.45, 2.75) is 44.0 Å². The average Bonchev–Trinajstić information content (AvgIpc) is 2.63. The van der Waals surface area contributed by atoms with Gasteiger partial charge in [0.2, 0.25) is 10.0 Å². The fourth-order valence-electron chi connectivity index (χ4n) is 3.29. The lowest BCUT2D eigenvalue weighted by Gasteiger charge is -2.32. The van der Waals surface area contributed by atoms with E-state index in [2.05, 4.69) is 5.32 Å². The van der Waals surface area contributed by atoms with Crippen LogP contribution in [0.2, 0.25) is 0 Å². The molecule has 1 atom stereocenters. The highest BCUT2D eigenvalue weighted by atomic mass is 32.2. The summed E-state index contributed by atoms with van der Waals surface area (Å²) in [6.07, 6.45) is 2.79. The van der Waals surface area contributed by atoms with Gasteiger partial charge in [-0.15, -0.1) is 0 Å². The minimum atomic E-state index is -3.60. The number of benzene rings is 2. The molecule has 0 aliphatic carbocycles. The molecule has 1 aliphatic heterocycles. The summed E-state index contributed by atoms with van der Waals surface area (Å²) in [6.45, 7) is 4.27. The van der Waals surface area contributed by atoms with Crippen LogP contribution in [-0.4, -0.2) is 31.2 Å². The summed E-state index contributed by atoms with van der Waals surface area (Å²) in [5.74, 6) is -0.308. The summed E-state index contributed by atoms with van der Waals surface area (Å²) >= 11 is 0. The van der Waals surface area contributed by atoms with Crippen molar-refractivity contribution in [3.63, 3.8) is 0 Å². The van der Waals surface area contributed by atoms with Crippen molar-refractivity contribution in [2.75, 3.05) is 11.9 Å². The van der Waals surface area contributed by atoms with E-state index in [1.807, 2.05) is 25.1 Å². The summed E-state index contributed by atoms with van der Waals surface area (Å²) < 4.78 is 27.6. The molecular formula is C20H24N2O3S. The number of carbonyl (C=O) groups is 1. The van der Waals surface area contributed by atoms with Gasteiger partial charge in [-0.1, -0.05) is 30.7 Å². The molecule has 3 rings (SSSR count). The number of hydrogen-bond acceptors (Lipinski definition) is 3. The lowest BCUT2D eigenvalue weighted by molar-refractivity contribution is 0.102. The maximum absolute atomic E-state index is 13.0. The maximum Gasteiger partial charge on any atom is 0.255 e. The molecular weight excluding hydrogens is 348 g/mol. The van der Waals surface area contributed by atoms with Gasteiger partial charge in [0.05, 0.1) is 4.90 Å². The fourth-order valence-corrected chi connectivity index (χ4v) is 5.02. The van der Waals surface area contributed by atoms with Gasteiger partial charge in [0.25, 0.3) is 5.91 Å². The van der Waals surface area contributed by atoms with Crippen LogP contribution in [0.25, 0.3) is 0 Å². The van der Waals surface area contributed by atoms with Crippen molar-refractivity contribution in [2.24, 2.45) is 0 Å². The number of amides is 1. The molecule has 1 amide bonds. The van der Waals surface area contributed by atoms with E-state index >= 15 is 0 Å². The number of piperidine rings is 1. The highest BCUT2D eigenvalue weighted by Crippen LogP contribution is 2.26. The highest BCUT2D eigenvalue weighted by Gasteiger charge is 2.31. The Balaban J connectivity index is 1.91. The number of hydrogen-bond donors (Lipinski definition) is 1. The molecule has 1 saturated heterocycles. The van der Waals surface area contributed by atoms with E-state index in [-0.39, 0.29) is 16.8 Å². The summed E-state index contributed by atoms with van der Waals surface area (Å²) in [5.41, 5.74) is 1.79. The van der Waals surface area contributed by atoms with Crippen molar-refractivity contribution < 1.29 is 13.2 Å². The molecule has 1 unspecified atom stereocenters. The van der Waals surface area contributed by atoms with E-state index in [9.17, 15) is 13.2 Å². The van der Waals surface area contributed by atoms with Crippen molar-refractivity contribution in [1.82, 2.24) is 4.31 Å². The lowest BCUT2D eigenvalue weighted by atomic mass is 10.1. The Hall–Kier alpha value is -2.18. The van der Waals surface area contributed by atoms with E-state index in [1.54, 1.807) is 35.5 Å². The Kier molecular flexibility index (Phi) is 5.44. The van der Waals surface area contributed by atoms with Crippen LogP contribution in [0, 0.1) is 6.92 Å². The number of sulfonamides is 1. The predicted molar refractivity (Wildman–Crippen MR) is 103 cm³/mol. The van der Waals surface area contributed by atoms with Crippen LogP contribution in [0.1, 0.15) is 42.1 Å². The molecule has 5 nitrogen and oxygen atoms in total. The molecule has 1 aliphatic rings. The zero-order valence-electron chi connectivity index (χ0n) is 15.1. The summed E-state index contributed by atoms with van der Waals surface area (Å²) in [5, 5.41) is 2.82. The molecule has 0 radical (unpaired) electrons. The lowest BCUT2D eigenvalue weighted by Crippen LogP contribution is -2.42. The van der Waals surface area contributed by atoms with Gasteiger partial charge in [-0.25, -0.2) is 8.42 Å². The second kappa shape index (κ2) is 7.60. The maximum atomic E-state index is 13.0. The Morgan fingerprint density at radius 3 is 2.54 bits per heavy atom. The quantitative estimate of drug-likeness (QED) is 0.887. The minimum absolute atomic E-state index is 0.0170. The molecule has 1 fully saturated rings. The monoisotopic (exact) mass is 372 g/mol. The van der Waals surface area contributed by atoms with E-state index in [0.29, 0.717) is 17.8 Å². The topological polar surface area (TPSA) is 66.5 Å². The molecule has 138 valence electrons. The number of carbonyl (C=O) groups excluding carboxylic acids is 1. The Morgan fingerprint density at radius 2 is 1.85 bits per heavy atom. The molecule has 1 heterocycles. The zero-order valence-corrected chi connectivity index (χ0v) is 15.9. The molecule has 26 heavy (non-hydrogen) atoms. The predicted octanol–water partition coefficient (Wildman–Crippen LogP) is 3.81. The molecule has 2 aromatic carbocycles. The first kappa shape index (κ1) is 18.6. The standard InChI is InChI=1S/C20H24N2O3S/c1-15-11-12-18(26(24,25)22-13-7-6-8-16(22)2)14-19(15)20(23)21-17-9-4-3-5-10-17/h3-5,9-12,14,16H,6-8,13H2,1-2H3,(H,21,23). The van der Waals surface area contributed by atoms with Crippen molar-refractivity contribution in [1.29, 1.82) is 0 Å². The number of nitrogens with one attached hydrogen (secondary N) is 1. The van der Waals surface area contributed by atoms with Crippen molar-refractivity contribution in [3.8, 4) is 0 Å². The number of aryl methyl sites for hydroxylation is 1. The second-order valence-corrected chi connectivity index (χ2v) is 8.65. The summed E-state index contributed by atoms with van der Waals surface area (Å²) in [6, 6.07) is 13.9. The minimum Gasteiger partial charge on any atom is -0.322 e. The first-order valence-corrected chi connectivity index (χ1v) is 10.3. The summed E-state index contributed by atoms with van der Waals surface area (Å²) in [4.78, 5) is 12.8. The molecule has 1 N–H and O–H groups in total. The smallest absolute Gasteiger partial charge is 0.255 e. The van der Waals surface area contributed by atoms with Gasteiger partial charge in [-0.05, 0) is 56.5 Å². The molecule has 6 heteroatoms. The normalized spacial score (nSPS) is 18.5. The first-order chi connectivity index (χ1) is 12.4. The van der Waals surface area contributed by atoms with Crippen LogP contribution in [-0.2, 0) is 10.0 Å². The van der Waals surface area contributed by atoms with Gasteiger partial charge in [0.15, 0.2) is 0 Å². The Labute approximate surface area is 155 Å². The molecule has 2 aromatic rings. The molecule has 0 bridgehead atoms. The Morgan fingerprint density at radius 1 is 1.12 bits per heavy atom. The van der Waals surface area contributed by atoms with Gasteiger partial charge >= 0.3 is 0 Å². The third-order valence-electron chi connectivity index (χ3n) is 4.83. The van der Waals surface area contributed by atoms with Crippen LogP contribution >= 0.6 is 0 Å². The number of anilines is 1. The van der Waals surface area contributed by atoms with Crippen LogP contribution in [0.15, 0.2) is 53.4 Å². The van der Waals surface area contributed by atoms with E-state index < -0.39 is 10.0 Å². The second-order valence-electron chi connectivity index (χ2n) is 6.76. The van der Waals surface area contributed by atoms with Gasteiger partial charge in [0.1, 0.15) is 0 Å². The number of rotatable bonds is 4. The van der Waals surface area contributed by atoms with Crippen molar-refractivity contribution in [3.05, 3.63) is 59.7 Å². The first-order valence-electron chi connectivity index (χ1n) is 8.88. The zero-order chi connectivity index (χ0) is 18.7. The largest absolute Gasteiger partial charge is 0.322 e. The van der Waals surface area contributed by atoms with Crippen molar-refractivity contribution >= 4 is 21.6 Å². The van der Waals surface area contributed by atoms with Crippen LogP contribution in [0.5, 0.6) is 0 Å². The molecule has 0 aromatic heterocycles. The van der Waals surface area contributed by atoms with Gasteiger partial charge in [0, 0.05) is 23.8 Å². The number of nitrogens with zero attached hydrogens (tertiary/aromatic N) is 1. The number of para-hydroxylation sites is 1. The highest BCUT2D eigenvalue weighted by molar-refractivity contribution is 7.89. The third kappa shape index (κ3) is 3.81. The van der Waals surface area contributed by atoms with E-state index in [4.69, 9.17) is 0 Å². The Bertz CT molecular complexity index is 895. The summed E-state index contributed by atoms with van der Waals surface area (Å²) in [7, 11) is -3.60. The van der Waals surface area contributed by atoms with Gasteiger partial charge < -0.3 is 5.32 Å². The molecule has 0 spiro atoms. The van der Waals surface area contributed by atoms with E-state index in [0.717, 1.165) is 24.8 Å². The SMILES string of the molecule is Cc1ccc(S(=O)(=O)N2CCCCC2C)cc1C(=O)Nc1ccccc1. The fraction of sp³-hybridized carbons (Fsp3) is 0.350.